The van der Waals surface area contributed by atoms with E-state index in [0.717, 1.165) is 0 Å². The zero-order chi connectivity index (χ0) is 12.9. The summed E-state index contributed by atoms with van der Waals surface area (Å²) in [6, 6.07) is 0. The normalized spacial score (nSPS) is 24.3. The lowest BCUT2D eigenvalue weighted by Crippen LogP contribution is -2.42. The molecule has 1 rings (SSSR count). The Hall–Kier alpha value is -1.89. The third-order valence-electron chi connectivity index (χ3n) is 2.03. The molecule has 1 aliphatic heterocycles. The average molecular weight is 244 g/mol. The highest BCUT2D eigenvalue weighted by Gasteiger charge is 2.45. The number of aliphatic hydroxyl groups is 1. The molecule has 0 aromatic heterocycles. The molecule has 1 atom stereocenters. The zero-order valence-electron chi connectivity index (χ0n) is 9.01. The van der Waals surface area contributed by atoms with E-state index in [4.69, 9.17) is 0 Å². The predicted molar refractivity (Wildman–Crippen MR) is 52.4 cm³/mol. The third-order valence-corrected chi connectivity index (χ3v) is 2.03. The second-order valence-electron chi connectivity index (χ2n) is 3.42. The van der Waals surface area contributed by atoms with Crippen molar-refractivity contribution in [1.29, 1.82) is 0 Å². The van der Waals surface area contributed by atoms with Crippen LogP contribution < -0.4 is 0 Å². The molecule has 0 amide bonds. The van der Waals surface area contributed by atoms with Gasteiger partial charge in [0.05, 0.1) is 12.8 Å². The fourth-order valence-electron chi connectivity index (χ4n) is 1.22. The molecule has 1 saturated heterocycles. The van der Waals surface area contributed by atoms with Gasteiger partial charge in [0.25, 0.3) is 0 Å². The summed E-state index contributed by atoms with van der Waals surface area (Å²) in [7, 11) is 0. The topological polar surface area (TPSA) is 99.1 Å². The largest absolute Gasteiger partial charge is 0.461 e. The van der Waals surface area contributed by atoms with E-state index in [1.165, 1.54) is 6.08 Å². The van der Waals surface area contributed by atoms with Crippen LogP contribution >= 0.6 is 0 Å². The molecule has 7 nitrogen and oxygen atoms in total. The van der Waals surface area contributed by atoms with Gasteiger partial charge in [-0.2, -0.15) is 0 Å². The Bertz CT molecular complexity index is 349. The van der Waals surface area contributed by atoms with Crippen LogP contribution in [0.15, 0.2) is 12.7 Å². The second-order valence-corrected chi connectivity index (χ2v) is 3.42. The van der Waals surface area contributed by atoms with Crippen LogP contribution in [0.3, 0.4) is 0 Å². The number of hydrogen-bond donors (Lipinski definition) is 1. The van der Waals surface area contributed by atoms with Gasteiger partial charge in [-0.1, -0.05) is 12.7 Å². The van der Waals surface area contributed by atoms with Crippen LogP contribution in [0.25, 0.3) is 0 Å². The van der Waals surface area contributed by atoms with Crippen LogP contribution in [0.4, 0.5) is 0 Å². The van der Waals surface area contributed by atoms with Crippen LogP contribution in [0.1, 0.15) is 12.8 Å². The van der Waals surface area contributed by atoms with Crippen LogP contribution in [-0.2, 0) is 28.6 Å². The van der Waals surface area contributed by atoms with Crippen molar-refractivity contribution in [2.24, 2.45) is 0 Å². The Morgan fingerprint density at radius 1 is 1.53 bits per heavy atom. The van der Waals surface area contributed by atoms with E-state index in [9.17, 15) is 19.5 Å². The van der Waals surface area contributed by atoms with Gasteiger partial charge in [-0.3, -0.25) is 9.59 Å². The molecule has 17 heavy (non-hydrogen) atoms. The van der Waals surface area contributed by atoms with Gasteiger partial charge >= 0.3 is 17.9 Å². The maximum absolute atomic E-state index is 11.4. The summed E-state index contributed by atoms with van der Waals surface area (Å²) in [5.74, 6) is -2.74. The van der Waals surface area contributed by atoms with E-state index in [0.29, 0.717) is 0 Å². The molecule has 1 heterocycles. The molecular formula is C10H12O7. The summed E-state index contributed by atoms with van der Waals surface area (Å²) in [6.07, 6.45) is 0.0193. The van der Waals surface area contributed by atoms with Crippen molar-refractivity contribution in [1.82, 2.24) is 0 Å². The van der Waals surface area contributed by atoms with Gasteiger partial charge in [0.15, 0.2) is 5.60 Å². The molecule has 0 saturated carbocycles. The maximum atomic E-state index is 11.4. The number of cyclic esters (lactones) is 2. The highest BCUT2D eigenvalue weighted by Crippen LogP contribution is 2.21. The van der Waals surface area contributed by atoms with Crippen molar-refractivity contribution in [2.75, 3.05) is 13.4 Å². The SMILES string of the molecule is C=CCOC(=O)CC1(O)CC(=O)OCOC1=O. The minimum Gasteiger partial charge on any atom is -0.461 e. The second kappa shape index (κ2) is 5.44. The van der Waals surface area contributed by atoms with E-state index in [1.807, 2.05) is 0 Å². The molecule has 0 aromatic rings. The van der Waals surface area contributed by atoms with E-state index >= 15 is 0 Å². The van der Waals surface area contributed by atoms with Gasteiger partial charge in [0.2, 0.25) is 6.79 Å². The highest BCUT2D eigenvalue weighted by atomic mass is 16.7. The first-order valence-electron chi connectivity index (χ1n) is 4.80. The summed E-state index contributed by atoms with van der Waals surface area (Å²) < 4.78 is 13.5. The Balaban J connectivity index is 2.68. The Morgan fingerprint density at radius 3 is 2.88 bits per heavy atom. The van der Waals surface area contributed by atoms with Crippen molar-refractivity contribution >= 4 is 17.9 Å². The quantitative estimate of drug-likeness (QED) is 0.514. The molecule has 1 fully saturated rings. The molecule has 1 unspecified atom stereocenters. The molecule has 0 spiro atoms. The molecule has 0 aromatic carbocycles. The molecule has 7 heteroatoms. The van der Waals surface area contributed by atoms with Crippen LogP contribution in [0.2, 0.25) is 0 Å². The molecule has 0 bridgehead atoms. The Labute approximate surface area is 96.9 Å². The summed E-state index contributed by atoms with van der Waals surface area (Å²) >= 11 is 0. The number of rotatable bonds is 4. The van der Waals surface area contributed by atoms with Crippen LogP contribution in [-0.4, -0.2) is 42.0 Å². The minimum absolute atomic E-state index is 0.0472. The fraction of sp³-hybridized carbons (Fsp3) is 0.500. The van der Waals surface area contributed by atoms with Gasteiger partial charge in [-0.25, -0.2) is 4.79 Å². The van der Waals surface area contributed by atoms with Crippen molar-refractivity contribution in [2.45, 2.75) is 18.4 Å². The fourth-order valence-corrected chi connectivity index (χ4v) is 1.22. The number of carbonyl (C=O) groups excluding carboxylic acids is 3. The van der Waals surface area contributed by atoms with Gasteiger partial charge in [0.1, 0.15) is 6.61 Å². The smallest absolute Gasteiger partial charge is 0.342 e. The minimum atomic E-state index is -2.23. The Kier molecular flexibility index (Phi) is 4.22. The van der Waals surface area contributed by atoms with Gasteiger partial charge in [0, 0.05) is 0 Å². The Morgan fingerprint density at radius 2 is 2.24 bits per heavy atom. The van der Waals surface area contributed by atoms with E-state index in [2.05, 4.69) is 20.8 Å². The van der Waals surface area contributed by atoms with Crippen LogP contribution in [0.5, 0.6) is 0 Å². The first-order valence-corrected chi connectivity index (χ1v) is 4.80. The first-order chi connectivity index (χ1) is 7.98. The molecule has 1 N–H and O–H groups in total. The standard InChI is InChI=1S/C10H12O7/c1-2-3-15-7(11)4-10(14)5-8(12)16-6-17-9(10)13/h2,14H,1,3-6H2. The summed E-state index contributed by atoms with van der Waals surface area (Å²) in [6.45, 7) is 2.72. The monoisotopic (exact) mass is 244 g/mol. The average Bonchev–Trinajstić information content (AvgIpc) is 2.36. The molecule has 1 aliphatic rings. The van der Waals surface area contributed by atoms with E-state index in [1.54, 1.807) is 0 Å². The van der Waals surface area contributed by atoms with Crippen LogP contribution in [0, 0.1) is 0 Å². The lowest BCUT2D eigenvalue weighted by Gasteiger charge is -2.20. The van der Waals surface area contributed by atoms with Gasteiger partial charge in [-0.15, -0.1) is 0 Å². The third kappa shape index (κ3) is 3.56. The van der Waals surface area contributed by atoms with E-state index in [-0.39, 0.29) is 6.61 Å². The van der Waals surface area contributed by atoms with Crippen molar-refractivity contribution in [3.8, 4) is 0 Å². The van der Waals surface area contributed by atoms with Gasteiger partial charge in [-0.05, 0) is 0 Å². The summed E-state index contributed by atoms with van der Waals surface area (Å²) in [4.78, 5) is 33.7. The molecule has 94 valence electrons. The number of esters is 3. The highest BCUT2D eigenvalue weighted by molar-refractivity contribution is 5.90. The van der Waals surface area contributed by atoms with Crippen molar-refractivity contribution in [3.63, 3.8) is 0 Å². The molecular weight excluding hydrogens is 232 g/mol. The van der Waals surface area contributed by atoms with Crippen molar-refractivity contribution < 1.29 is 33.7 Å². The van der Waals surface area contributed by atoms with E-state index < -0.39 is 43.1 Å². The van der Waals surface area contributed by atoms with Crippen molar-refractivity contribution in [3.05, 3.63) is 12.7 Å². The maximum Gasteiger partial charge on any atom is 0.342 e. The number of hydrogen-bond acceptors (Lipinski definition) is 7. The lowest BCUT2D eigenvalue weighted by molar-refractivity contribution is -0.174. The zero-order valence-corrected chi connectivity index (χ0v) is 9.01. The first kappa shape index (κ1) is 13.2. The number of carbonyl (C=O) groups is 3. The van der Waals surface area contributed by atoms with Gasteiger partial charge < -0.3 is 19.3 Å². The molecule has 0 aliphatic carbocycles. The predicted octanol–water partition coefficient (Wildman–Crippen LogP) is -0.716. The summed E-state index contributed by atoms with van der Waals surface area (Å²) in [5, 5.41) is 9.86. The summed E-state index contributed by atoms with van der Waals surface area (Å²) in [5.41, 5.74) is -2.23. The molecule has 0 radical (unpaired) electrons. The number of ether oxygens (including phenoxy) is 3. The lowest BCUT2D eigenvalue weighted by atomic mass is 9.96.